The summed E-state index contributed by atoms with van der Waals surface area (Å²) in [6.45, 7) is 6.62. The van der Waals surface area contributed by atoms with E-state index in [-0.39, 0.29) is 23.9 Å². The van der Waals surface area contributed by atoms with E-state index in [1.165, 1.54) is 4.31 Å². The van der Waals surface area contributed by atoms with Gasteiger partial charge in [-0.2, -0.15) is 4.31 Å². The van der Waals surface area contributed by atoms with Crippen LogP contribution in [0.15, 0.2) is 96.4 Å². The van der Waals surface area contributed by atoms with E-state index in [2.05, 4.69) is 12.6 Å². The van der Waals surface area contributed by atoms with Gasteiger partial charge in [0.05, 0.1) is 4.90 Å². The van der Waals surface area contributed by atoms with Crippen molar-refractivity contribution in [3.05, 3.63) is 114 Å². The maximum Gasteiger partial charge on any atom is 0.253 e. The summed E-state index contributed by atoms with van der Waals surface area (Å²) in [6, 6.07) is 23.5. The lowest BCUT2D eigenvalue weighted by atomic mass is 10.1. The Morgan fingerprint density at radius 1 is 0.906 bits per heavy atom. The van der Waals surface area contributed by atoms with E-state index in [1.54, 1.807) is 72.6 Å². The number of nitrogens with zero attached hydrogens (tertiary/aromatic N) is 2. The summed E-state index contributed by atoms with van der Waals surface area (Å²) in [5, 5.41) is 0. The molecule has 0 saturated heterocycles. The van der Waals surface area contributed by atoms with Crippen LogP contribution in [-0.2, 0) is 23.1 Å². The van der Waals surface area contributed by atoms with Gasteiger partial charge >= 0.3 is 0 Å². The van der Waals surface area contributed by atoms with Crippen LogP contribution in [0.3, 0.4) is 0 Å². The molecule has 32 heavy (non-hydrogen) atoms. The molecule has 3 aromatic carbocycles. The van der Waals surface area contributed by atoms with Crippen LogP contribution < -0.4 is 0 Å². The van der Waals surface area contributed by atoms with E-state index in [1.807, 2.05) is 25.1 Å². The molecular weight excluding hydrogens is 420 g/mol. The van der Waals surface area contributed by atoms with Crippen molar-refractivity contribution in [3.8, 4) is 0 Å². The first-order chi connectivity index (χ1) is 15.3. The number of benzene rings is 3. The molecule has 0 atom stereocenters. The first-order valence-electron chi connectivity index (χ1n) is 10.4. The van der Waals surface area contributed by atoms with Crippen molar-refractivity contribution in [3.63, 3.8) is 0 Å². The zero-order valence-electron chi connectivity index (χ0n) is 18.4. The van der Waals surface area contributed by atoms with Crippen molar-refractivity contribution < 1.29 is 13.2 Å². The summed E-state index contributed by atoms with van der Waals surface area (Å²) in [5.41, 5.74) is 3.58. The Bertz CT molecular complexity index is 1170. The van der Waals surface area contributed by atoms with Crippen molar-refractivity contribution in [1.82, 2.24) is 9.21 Å². The van der Waals surface area contributed by atoms with E-state index in [0.717, 1.165) is 16.7 Å². The van der Waals surface area contributed by atoms with Gasteiger partial charge in [-0.05, 0) is 42.3 Å². The van der Waals surface area contributed by atoms with Crippen LogP contribution in [0.25, 0.3) is 0 Å². The first-order valence-corrected chi connectivity index (χ1v) is 11.8. The van der Waals surface area contributed by atoms with Crippen molar-refractivity contribution >= 4 is 15.9 Å². The highest BCUT2D eigenvalue weighted by atomic mass is 32.2. The van der Waals surface area contributed by atoms with E-state index in [4.69, 9.17) is 0 Å². The average Bonchev–Trinajstić information content (AvgIpc) is 2.79. The van der Waals surface area contributed by atoms with Crippen LogP contribution in [0.5, 0.6) is 0 Å². The second kappa shape index (κ2) is 10.4. The molecule has 0 N–H and O–H groups in total. The Balaban J connectivity index is 1.72. The summed E-state index contributed by atoms with van der Waals surface area (Å²) >= 11 is 0. The van der Waals surface area contributed by atoms with Gasteiger partial charge in [0.25, 0.3) is 5.91 Å². The number of hydrogen-bond acceptors (Lipinski definition) is 3. The van der Waals surface area contributed by atoms with Crippen molar-refractivity contribution in [1.29, 1.82) is 0 Å². The Morgan fingerprint density at radius 2 is 1.59 bits per heavy atom. The maximum atomic E-state index is 13.0. The summed E-state index contributed by atoms with van der Waals surface area (Å²) in [4.78, 5) is 14.7. The number of aryl methyl sites for hydroxylation is 1. The molecule has 1 amide bonds. The van der Waals surface area contributed by atoms with Crippen LogP contribution in [0.4, 0.5) is 0 Å². The number of amides is 1. The van der Waals surface area contributed by atoms with Gasteiger partial charge in [0.2, 0.25) is 10.0 Å². The minimum atomic E-state index is -3.65. The molecule has 6 heteroatoms. The first kappa shape index (κ1) is 23.4. The fraction of sp³-hybridized carbons (Fsp3) is 0.192. The van der Waals surface area contributed by atoms with Crippen molar-refractivity contribution in [2.24, 2.45) is 0 Å². The minimum absolute atomic E-state index is 0.0853. The minimum Gasteiger partial charge on any atom is -0.337 e. The van der Waals surface area contributed by atoms with E-state index in [0.29, 0.717) is 12.1 Å². The molecule has 0 unspecified atom stereocenters. The summed E-state index contributed by atoms with van der Waals surface area (Å²) in [5.74, 6) is -0.0853. The molecule has 0 fully saturated rings. The number of carbonyl (C=O) groups excluding carboxylic acids is 1. The topological polar surface area (TPSA) is 57.7 Å². The molecule has 0 bridgehead atoms. The second-order valence-corrected chi connectivity index (χ2v) is 9.68. The molecule has 0 aromatic heterocycles. The predicted molar refractivity (Wildman–Crippen MR) is 128 cm³/mol. The summed E-state index contributed by atoms with van der Waals surface area (Å²) in [7, 11) is -1.88. The van der Waals surface area contributed by atoms with E-state index < -0.39 is 10.0 Å². The van der Waals surface area contributed by atoms with E-state index in [9.17, 15) is 13.2 Å². The highest BCUT2D eigenvalue weighted by molar-refractivity contribution is 7.89. The lowest BCUT2D eigenvalue weighted by Gasteiger charge is -2.21. The number of rotatable bonds is 9. The summed E-state index contributed by atoms with van der Waals surface area (Å²) < 4.78 is 27.4. The molecule has 0 saturated carbocycles. The molecule has 0 spiro atoms. The lowest BCUT2D eigenvalue weighted by molar-refractivity contribution is 0.0785. The molecule has 5 nitrogen and oxygen atoms in total. The molecule has 166 valence electrons. The van der Waals surface area contributed by atoms with Gasteiger partial charge < -0.3 is 4.90 Å². The highest BCUT2D eigenvalue weighted by Gasteiger charge is 2.23. The molecule has 0 heterocycles. The smallest absolute Gasteiger partial charge is 0.253 e. The number of sulfonamides is 1. The van der Waals surface area contributed by atoms with Gasteiger partial charge in [-0.15, -0.1) is 6.58 Å². The van der Waals surface area contributed by atoms with Crippen LogP contribution in [-0.4, -0.2) is 37.1 Å². The maximum absolute atomic E-state index is 13.0. The van der Waals surface area contributed by atoms with Crippen molar-refractivity contribution in [2.75, 3.05) is 13.6 Å². The van der Waals surface area contributed by atoms with Gasteiger partial charge in [0, 0.05) is 32.2 Å². The monoisotopic (exact) mass is 448 g/mol. The third-order valence-corrected chi connectivity index (χ3v) is 6.95. The zero-order valence-corrected chi connectivity index (χ0v) is 19.3. The van der Waals surface area contributed by atoms with E-state index >= 15 is 0 Å². The Morgan fingerprint density at radius 3 is 2.22 bits per heavy atom. The van der Waals surface area contributed by atoms with Crippen LogP contribution in [0.2, 0.25) is 0 Å². The summed E-state index contributed by atoms with van der Waals surface area (Å²) in [6.07, 6.45) is 1.57. The number of hydrogen-bond donors (Lipinski definition) is 0. The largest absolute Gasteiger partial charge is 0.337 e. The van der Waals surface area contributed by atoms with Gasteiger partial charge in [0.1, 0.15) is 0 Å². The third-order valence-electron chi connectivity index (χ3n) is 5.12. The average molecular weight is 449 g/mol. The normalized spacial score (nSPS) is 11.3. The molecule has 0 aliphatic carbocycles. The second-order valence-electron chi connectivity index (χ2n) is 7.75. The quantitative estimate of drug-likeness (QED) is 0.448. The number of carbonyl (C=O) groups is 1. The molecule has 3 aromatic rings. The van der Waals surface area contributed by atoms with Crippen LogP contribution >= 0.6 is 0 Å². The molecular formula is C26H28N2O3S. The Kier molecular flexibility index (Phi) is 7.62. The highest BCUT2D eigenvalue weighted by Crippen LogP contribution is 2.19. The predicted octanol–water partition coefficient (Wildman–Crippen LogP) is 4.64. The molecule has 0 radical (unpaired) electrons. The molecule has 0 aliphatic rings. The standard InChI is InChI=1S/C26H28N2O3S/c1-4-17-28(32(30,31)25-11-6-5-7-12-25)20-22-13-15-24(16-14-22)26(29)27(3)19-23-10-8-9-21(2)18-23/h4-16,18H,1,17,19-20H2,2-3H3. The van der Waals surface area contributed by atoms with Gasteiger partial charge in [0.15, 0.2) is 0 Å². The van der Waals surface area contributed by atoms with Crippen LogP contribution in [0, 0.1) is 6.92 Å². The third kappa shape index (κ3) is 5.72. The SMILES string of the molecule is C=CCN(Cc1ccc(C(=O)N(C)Cc2cccc(C)c2)cc1)S(=O)(=O)c1ccccc1. The van der Waals surface area contributed by atoms with Gasteiger partial charge in [-0.3, -0.25) is 4.79 Å². The molecule has 0 aliphatic heterocycles. The zero-order chi connectivity index (χ0) is 23.1. The van der Waals surface area contributed by atoms with Gasteiger partial charge in [-0.25, -0.2) is 8.42 Å². The Labute approximate surface area is 190 Å². The fourth-order valence-electron chi connectivity index (χ4n) is 3.47. The fourth-order valence-corrected chi connectivity index (χ4v) is 4.89. The Hall–Kier alpha value is -3.22. The van der Waals surface area contributed by atoms with Gasteiger partial charge in [-0.1, -0.05) is 66.2 Å². The lowest BCUT2D eigenvalue weighted by Crippen LogP contribution is -2.31. The molecule has 3 rings (SSSR count). The van der Waals surface area contributed by atoms with Crippen LogP contribution in [0.1, 0.15) is 27.0 Å². The van der Waals surface area contributed by atoms with Crippen molar-refractivity contribution in [2.45, 2.75) is 24.9 Å².